The number of ether oxygens (including phenoxy) is 1. The van der Waals surface area contributed by atoms with Gasteiger partial charge in [0.25, 0.3) is 5.56 Å². The lowest BCUT2D eigenvalue weighted by atomic mass is 10.0. The van der Waals surface area contributed by atoms with Gasteiger partial charge in [0.1, 0.15) is 30.5 Å². The van der Waals surface area contributed by atoms with Crippen molar-refractivity contribution < 1.29 is 30.3 Å². The molecule has 0 radical (unpaired) electrons. The Morgan fingerprint density at radius 1 is 1.14 bits per heavy atom. The zero-order valence-electron chi connectivity index (χ0n) is 11.7. The van der Waals surface area contributed by atoms with Gasteiger partial charge in [-0.05, 0) is 6.92 Å². The molecule has 2 rings (SSSR count). The van der Waals surface area contributed by atoms with Gasteiger partial charge in [-0.2, -0.15) is 0 Å². The number of hydrogen-bond acceptors (Lipinski definition) is 8. The minimum absolute atomic E-state index is 0.149. The predicted octanol–water partition coefficient (Wildman–Crippen LogP) is -3.82. The maximum atomic E-state index is 11.9. The third kappa shape index (κ3) is 2.84. The zero-order valence-corrected chi connectivity index (χ0v) is 11.7. The van der Waals surface area contributed by atoms with Crippen LogP contribution in [-0.4, -0.2) is 72.2 Å². The van der Waals surface area contributed by atoms with E-state index in [2.05, 4.69) is 0 Å². The summed E-state index contributed by atoms with van der Waals surface area (Å²) >= 11 is 0. The van der Waals surface area contributed by atoms with Crippen molar-refractivity contribution in [3.05, 3.63) is 32.6 Å². The van der Waals surface area contributed by atoms with Crippen LogP contribution < -0.4 is 11.2 Å². The fourth-order valence-electron chi connectivity index (χ4n) is 2.29. The van der Waals surface area contributed by atoms with Gasteiger partial charge in [-0.3, -0.25) is 14.3 Å². The predicted molar refractivity (Wildman–Crippen MR) is 71.1 cm³/mol. The second-order valence-corrected chi connectivity index (χ2v) is 5.19. The molecule has 1 aliphatic heterocycles. The second kappa shape index (κ2) is 6.28. The number of nitrogens with one attached hydrogen (secondary N) is 1. The highest BCUT2D eigenvalue weighted by molar-refractivity contribution is 5.03. The van der Waals surface area contributed by atoms with Gasteiger partial charge in [0.2, 0.25) is 0 Å². The van der Waals surface area contributed by atoms with Gasteiger partial charge >= 0.3 is 5.69 Å². The number of aliphatic hydroxyl groups excluding tert-OH is 5. The molecule has 1 aromatic heterocycles. The highest BCUT2D eigenvalue weighted by atomic mass is 16.6. The Morgan fingerprint density at radius 2 is 1.73 bits per heavy atom. The van der Waals surface area contributed by atoms with Crippen LogP contribution in [0.25, 0.3) is 0 Å². The standard InChI is InChI=1S/C12H18N2O8/c1-4-2-14(12(21)13-10(4)20)11-9(19)8(18)7(17)6(16)5(3-15)22-11/h2,5-9,11,15-19H,3H2,1H3,(H,13,20,21)/t5-,6-,7-,8-,9-,11-/m1/s1. The number of aryl methyl sites for hydroxylation is 1. The molecular formula is C12H18N2O8. The average Bonchev–Trinajstić information content (AvgIpc) is 2.56. The molecule has 0 bridgehead atoms. The van der Waals surface area contributed by atoms with Gasteiger partial charge in [0.05, 0.1) is 6.61 Å². The molecule has 6 atom stereocenters. The Kier molecular flexibility index (Phi) is 4.80. The van der Waals surface area contributed by atoms with Crippen LogP contribution in [0, 0.1) is 6.92 Å². The average molecular weight is 318 g/mol. The van der Waals surface area contributed by atoms with Crippen LogP contribution in [0.15, 0.2) is 15.8 Å². The Labute approximate surface area is 123 Å². The lowest BCUT2D eigenvalue weighted by Gasteiger charge is -2.27. The van der Waals surface area contributed by atoms with Crippen LogP contribution in [-0.2, 0) is 4.74 Å². The van der Waals surface area contributed by atoms with Crippen molar-refractivity contribution >= 4 is 0 Å². The highest BCUT2D eigenvalue weighted by Gasteiger charge is 2.45. The van der Waals surface area contributed by atoms with Crippen molar-refractivity contribution in [2.24, 2.45) is 0 Å². The van der Waals surface area contributed by atoms with E-state index in [0.717, 1.165) is 10.8 Å². The van der Waals surface area contributed by atoms with E-state index in [1.165, 1.54) is 6.92 Å². The summed E-state index contributed by atoms with van der Waals surface area (Å²) < 4.78 is 6.08. The maximum absolute atomic E-state index is 11.9. The molecule has 10 nitrogen and oxygen atoms in total. The molecule has 0 aliphatic carbocycles. The Hall–Kier alpha value is -1.56. The van der Waals surface area contributed by atoms with Gasteiger partial charge in [-0.15, -0.1) is 0 Å². The minimum atomic E-state index is -1.82. The number of nitrogens with zero attached hydrogens (tertiary/aromatic N) is 1. The number of aromatic amines is 1. The van der Waals surface area contributed by atoms with Crippen molar-refractivity contribution in [3.63, 3.8) is 0 Å². The quantitative estimate of drug-likeness (QED) is 0.323. The first-order valence-corrected chi connectivity index (χ1v) is 6.58. The zero-order chi connectivity index (χ0) is 16.6. The van der Waals surface area contributed by atoms with E-state index in [0.29, 0.717) is 0 Å². The molecular weight excluding hydrogens is 300 g/mol. The first-order valence-electron chi connectivity index (χ1n) is 6.58. The summed E-state index contributed by atoms with van der Waals surface area (Å²) in [5.74, 6) is 0. The normalized spacial score (nSPS) is 36.1. The number of aliphatic hydroxyl groups is 5. The first kappa shape index (κ1) is 16.8. The first-order chi connectivity index (χ1) is 10.3. The monoisotopic (exact) mass is 318 g/mol. The summed E-state index contributed by atoms with van der Waals surface area (Å²) in [6.07, 6.45) is -8.79. The molecule has 0 spiro atoms. The van der Waals surface area contributed by atoms with Crippen molar-refractivity contribution in [2.75, 3.05) is 6.61 Å². The third-order valence-electron chi connectivity index (χ3n) is 3.64. The number of H-pyrrole nitrogens is 1. The van der Waals surface area contributed by atoms with Gasteiger partial charge in [-0.1, -0.05) is 0 Å². The van der Waals surface area contributed by atoms with E-state index in [-0.39, 0.29) is 5.56 Å². The van der Waals surface area contributed by atoms with Crippen LogP contribution >= 0.6 is 0 Å². The molecule has 0 amide bonds. The Balaban J connectivity index is 2.50. The number of rotatable bonds is 2. The lowest BCUT2D eigenvalue weighted by Crippen LogP contribution is -2.47. The van der Waals surface area contributed by atoms with Crippen LogP contribution in [0.1, 0.15) is 11.8 Å². The minimum Gasteiger partial charge on any atom is -0.394 e. The molecule has 22 heavy (non-hydrogen) atoms. The molecule has 6 N–H and O–H groups in total. The Morgan fingerprint density at radius 3 is 2.32 bits per heavy atom. The summed E-state index contributed by atoms with van der Waals surface area (Å²) in [5.41, 5.74) is -1.38. The van der Waals surface area contributed by atoms with Gasteiger partial charge in [0.15, 0.2) is 6.23 Å². The van der Waals surface area contributed by atoms with Gasteiger partial charge in [0, 0.05) is 11.8 Å². The largest absolute Gasteiger partial charge is 0.394 e. The topological polar surface area (TPSA) is 165 Å². The van der Waals surface area contributed by atoms with E-state index in [4.69, 9.17) is 4.74 Å². The summed E-state index contributed by atoms with van der Waals surface area (Å²) in [4.78, 5) is 25.2. The van der Waals surface area contributed by atoms with Crippen LogP contribution in [0.2, 0.25) is 0 Å². The molecule has 10 heteroatoms. The van der Waals surface area contributed by atoms with Crippen LogP contribution in [0.4, 0.5) is 0 Å². The van der Waals surface area contributed by atoms with E-state index >= 15 is 0 Å². The van der Waals surface area contributed by atoms with Gasteiger partial charge < -0.3 is 30.3 Å². The summed E-state index contributed by atoms with van der Waals surface area (Å²) in [6, 6.07) is 0. The van der Waals surface area contributed by atoms with Crippen LogP contribution in [0.3, 0.4) is 0 Å². The fraction of sp³-hybridized carbons (Fsp3) is 0.667. The SMILES string of the molecule is Cc1cn([C@@H]2O[C@H](CO)[C@@H](O)[C@@H](O)[C@@H](O)[C@H]2O)c(=O)[nH]c1=O. The molecule has 1 aromatic rings. The van der Waals surface area contributed by atoms with Crippen LogP contribution in [0.5, 0.6) is 0 Å². The smallest absolute Gasteiger partial charge is 0.330 e. The molecule has 1 fully saturated rings. The van der Waals surface area contributed by atoms with Crippen molar-refractivity contribution in [1.82, 2.24) is 9.55 Å². The molecule has 124 valence electrons. The summed E-state index contributed by atoms with van der Waals surface area (Å²) in [5, 5.41) is 48.7. The molecule has 1 saturated heterocycles. The summed E-state index contributed by atoms with van der Waals surface area (Å²) in [7, 11) is 0. The molecule has 2 heterocycles. The van der Waals surface area contributed by atoms with E-state index in [1.54, 1.807) is 0 Å². The third-order valence-corrected chi connectivity index (χ3v) is 3.64. The van der Waals surface area contributed by atoms with Crippen molar-refractivity contribution in [1.29, 1.82) is 0 Å². The molecule has 0 saturated carbocycles. The van der Waals surface area contributed by atoms with Gasteiger partial charge in [-0.25, -0.2) is 4.79 Å². The number of aromatic nitrogens is 2. The fourth-order valence-corrected chi connectivity index (χ4v) is 2.29. The number of hydrogen-bond donors (Lipinski definition) is 6. The lowest BCUT2D eigenvalue weighted by molar-refractivity contribution is -0.152. The van der Waals surface area contributed by atoms with E-state index in [9.17, 15) is 35.1 Å². The van der Waals surface area contributed by atoms with Crippen molar-refractivity contribution in [3.8, 4) is 0 Å². The molecule has 0 aromatic carbocycles. The maximum Gasteiger partial charge on any atom is 0.330 e. The highest BCUT2D eigenvalue weighted by Crippen LogP contribution is 2.26. The summed E-state index contributed by atoms with van der Waals surface area (Å²) in [6.45, 7) is 0.701. The van der Waals surface area contributed by atoms with E-state index in [1.807, 2.05) is 4.98 Å². The second-order valence-electron chi connectivity index (χ2n) is 5.19. The van der Waals surface area contributed by atoms with Crippen molar-refractivity contribution in [2.45, 2.75) is 43.7 Å². The molecule has 1 aliphatic rings. The van der Waals surface area contributed by atoms with E-state index < -0.39 is 54.6 Å². The Bertz CT molecular complexity index is 639. The molecule has 0 unspecified atom stereocenters.